The van der Waals surface area contributed by atoms with Crippen LogP contribution in [0.25, 0.3) is 0 Å². The number of nitriles is 1. The molecule has 0 saturated carbocycles. The molecule has 1 atom stereocenters. The van der Waals surface area contributed by atoms with Crippen LogP contribution < -0.4 is 5.32 Å². The van der Waals surface area contributed by atoms with Gasteiger partial charge in [0, 0.05) is 12.2 Å². The number of carbonyl (C=O) groups is 1. The molecule has 1 aliphatic rings. The summed E-state index contributed by atoms with van der Waals surface area (Å²) in [5, 5.41) is 11.8. The molecule has 1 amide bonds. The van der Waals surface area contributed by atoms with Crippen LogP contribution in [0.1, 0.15) is 35.1 Å². The first-order chi connectivity index (χ1) is 13.2. The summed E-state index contributed by atoms with van der Waals surface area (Å²) in [6.07, 6.45) is 1.09. The predicted molar refractivity (Wildman–Crippen MR) is 107 cm³/mol. The Labute approximate surface area is 165 Å². The number of amides is 1. The first-order valence-electron chi connectivity index (χ1n) is 9.15. The van der Waals surface area contributed by atoms with Crippen molar-refractivity contribution in [1.29, 1.82) is 5.26 Å². The second-order valence-electron chi connectivity index (χ2n) is 7.18. The summed E-state index contributed by atoms with van der Waals surface area (Å²) in [6.45, 7) is 5.81. The quantitative estimate of drug-likeness (QED) is 0.857. The number of sulfonamides is 1. The van der Waals surface area contributed by atoms with Crippen molar-refractivity contribution in [1.82, 2.24) is 4.31 Å². The predicted octanol–water partition coefficient (Wildman–Crippen LogP) is 3.28. The average Bonchev–Trinajstić information content (AvgIpc) is 3.11. The largest absolute Gasteiger partial charge is 0.325 e. The second-order valence-corrected chi connectivity index (χ2v) is 9.01. The van der Waals surface area contributed by atoms with Crippen LogP contribution in [-0.2, 0) is 14.8 Å². The Hall–Kier alpha value is -2.69. The molecule has 1 aliphatic heterocycles. The lowest BCUT2D eigenvalue weighted by molar-refractivity contribution is -0.119. The average molecular weight is 398 g/mol. The van der Waals surface area contributed by atoms with Crippen LogP contribution in [0.15, 0.2) is 41.3 Å². The molecule has 0 unspecified atom stereocenters. The normalized spacial score (nSPS) is 17.3. The van der Waals surface area contributed by atoms with Gasteiger partial charge in [-0.2, -0.15) is 9.57 Å². The summed E-state index contributed by atoms with van der Waals surface area (Å²) in [4.78, 5) is 13.1. The van der Waals surface area contributed by atoms with E-state index in [0.29, 0.717) is 41.8 Å². The zero-order valence-corrected chi connectivity index (χ0v) is 17.0. The van der Waals surface area contributed by atoms with E-state index in [2.05, 4.69) is 5.32 Å². The number of hydrogen-bond acceptors (Lipinski definition) is 4. The van der Waals surface area contributed by atoms with Crippen LogP contribution in [0.3, 0.4) is 0 Å². The summed E-state index contributed by atoms with van der Waals surface area (Å²) in [7, 11) is -3.80. The van der Waals surface area contributed by atoms with Crippen LogP contribution in [0, 0.1) is 32.1 Å². The van der Waals surface area contributed by atoms with Gasteiger partial charge in [-0.25, -0.2) is 8.42 Å². The molecule has 6 nitrogen and oxygen atoms in total. The van der Waals surface area contributed by atoms with Crippen molar-refractivity contribution in [3.63, 3.8) is 0 Å². The van der Waals surface area contributed by atoms with Gasteiger partial charge in [-0.05, 0) is 62.9 Å². The monoisotopic (exact) mass is 397 g/mol. The fourth-order valence-electron chi connectivity index (χ4n) is 3.87. The van der Waals surface area contributed by atoms with E-state index >= 15 is 0 Å². The fraction of sp³-hybridized carbons (Fsp3) is 0.333. The molecule has 1 heterocycles. The van der Waals surface area contributed by atoms with E-state index < -0.39 is 16.1 Å². The van der Waals surface area contributed by atoms with Crippen LogP contribution >= 0.6 is 0 Å². The van der Waals surface area contributed by atoms with Gasteiger partial charge in [0.15, 0.2) is 0 Å². The second kappa shape index (κ2) is 7.74. The number of anilines is 1. The van der Waals surface area contributed by atoms with E-state index in [-0.39, 0.29) is 10.8 Å². The minimum absolute atomic E-state index is 0.282. The summed E-state index contributed by atoms with van der Waals surface area (Å²) < 4.78 is 28.0. The molecule has 3 rings (SSSR count). The Balaban J connectivity index is 1.90. The van der Waals surface area contributed by atoms with Gasteiger partial charge in [-0.3, -0.25) is 4.79 Å². The van der Waals surface area contributed by atoms with Crippen LogP contribution in [0.2, 0.25) is 0 Å². The zero-order chi connectivity index (χ0) is 20.5. The molecule has 2 aromatic rings. The van der Waals surface area contributed by atoms with Crippen LogP contribution in [-0.4, -0.2) is 31.2 Å². The molecule has 7 heteroatoms. The lowest BCUT2D eigenvalue weighted by Gasteiger charge is -2.25. The first-order valence-corrected chi connectivity index (χ1v) is 10.6. The summed E-state index contributed by atoms with van der Waals surface area (Å²) in [5.74, 6) is -0.376. The molecule has 0 spiro atoms. The maximum atomic E-state index is 13.4. The Morgan fingerprint density at radius 2 is 1.86 bits per heavy atom. The number of rotatable bonds is 4. The van der Waals surface area contributed by atoms with Crippen molar-refractivity contribution in [2.45, 2.75) is 44.6 Å². The maximum Gasteiger partial charge on any atom is 0.244 e. The zero-order valence-electron chi connectivity index (χ0n) is 16.2. The smallest absolute Gasteiger partial charge is 0.244 e. The minimum Gasteiger partial charge on any atom is -0.325 e. The Morgan fingerprint density at radius 1 is 1.18 bits per heavy atom. The molecular formula is C21H23N3O3S. The van der Waals surface area contributed by atoms with Crippen molar-refractivity contribution < 1.29 is 13.2 Å². The highest BCUT2D eigenvalue weighted by Crippen LogP contribution is 2.31. The summed E-state index contributed by atoms with van der Waals surface area (Å²) >= 11 is 0. The van der Waals surface area contributed by atoms with Gasteiger partial charge in [0.25, 0.3) is 0 Å². The molecule has 0 radical (unpaired) electrons. The van der Waals surface area contributed by atoms with Crippen LogP contribution in [0.4, 0.5) is 5.69 Å². The third-order valence-electron chi connectivity index (χ3n) is 4.94. The fourth-order valence-corrected chi connectivity index (χ4v) is 5.94. The maximum absolute atomic E-state index is 13.4. The topological polar surface area (TPSA) is 90.3 Å². The van der Waals surface area contributed by atoms with Crippen molar-refractivity contribution >= 4 is 21.6 Å². The van der Waals surface area contributed by atoms with Gasteiger partial charge < -0.3 is 5.32 Å². The summed E-state index contributed by atoms with van der Waals surface area (Å²) in [6, 6.07) is 11.5. The highest BCUT2D eigenvalue weighted by Gasteiger charge is 2.40. The number of carbonyl (C=O) groups excluding carboxylic acids is 1. The molecule has 0 aliphatic carbocycles. The molecule has 1 N–H and O–H groups in total. The lowest BCUT2D eigenvalue weighted by Crippen LogP contribution is -2.43. The molecule has 146 valence electrons. The standard InChI is InChI=1S/C21H23N3O3S/c1-14-10-15(2)20(16(3)11-14)28(26,27)24-9-5-8-19(24)21(25)23-18-7-4-6-17(12-18)13-22/h4,6-7,10-12,19H,5,8-9H2,1-3H3,(H,23,25)/t19-/m0/s1. The van der Waals surface area contributed by atoms with Gasteiger partial charge in [0.05, 0.1) is 16.5 Å². The number of hydrogen-bond donors (Lipinski definition) is 1. The van der Waals surface area contributed by atoms with Crippen LogP contribution in [0.5, 0.6) is 0 Å². The number of aryl methyl sites for hydroxylation is 3. The highest BCUT2D eigenvalue weighted by atomic mass is 32.2. The van der Waals surface area contributed by atoms with Gasteiger partial charge in [-0.15, -0.1) is 0 Å². The van der Waals surface area contributed by atoms with E-state index in [1.165, 1.54) is 4.31 Å². The highest BCUT2D eigenvalue weighted by molar-refractivity contribution is 7.89. The van der Waals surface area contributed by atoms with Crippen molar-refractivity contribution in [2.24, 2.45) is 0 Å². The number of nitrogens with one attached hydrogen (secondary N) is 1. The van der Waals surface area contributed by atoms with E-state index in [0.717, 1.165) is 5.56 Å². The molecular weight excluding hydrogens is 374 g/mol. The van der Waals surface area contributed by atoms with E-state index in [4.69, 9.17) is 5.26 Å². The molecule has 1 saturated heterocycles. The molecule has 2 aromatic carbocycles. The molecule has 0 bridgehead atoms. The Bertz CT molecular complexity index is 1050. The SMILES string of the molecule is Cc1cc(C)c(S(=O)(=O)N2CCC[C@H]2C(=O)Nc2cccc(C#N)c2)c(C)c1. The van der Waals surface area contributed by atoms with Gasteiger partial charge in [0.1, 0.15) is 6.04 Å². The van der Waals surface area contributed by atoms with Crippen molar-refractivity contribution in [3.8, 4) is 6.07 Å². The summed E-state index contributed by atoms with van der Waals surface area (Å²) in [5.41, 5.74) is 3.29. The number of benzene rings is 2. The molecule has 28 heavy (non-hydrogen) atoms. The third-order valence-corrected chi connectivity index (χ3v) is 7.15. The van der Waals surface area contributed by atoms with Gasteiger partial charge in [-0.1, -0.05) is 23.8 Å². The van der Waals surface area contributed by atoms with Crippen molar-refractivity contribution in [3.05, 3.63) is 58.7 Å². The van der Waals surface area contributed by atoms with E-state index in [9.17, 15) is 13.2 Å². The lowest BCUT2D eigenvalue weighted by atomic mass is 10.1. The molecule has 0 aromatic heterocycles. The van der Waals surface area contributed by atoms with Crippen molar-refractivity contribution in [2.75, 3.05) is 11.9 Å². The van der Waals surface area contributed by atoms with Gasteiger partial charge in [0.2, 0.25) is 15.9 Å². The third kappa shape index (κ3) is 3.79. The van der Waals surface area contributed by atoms with E-state index in [1.807, 2.05) is 25.1 Å². The minimum atomic E-state index is -3.80. The van der Waals surface area contributed by atoms with Gasteiger partial charge >= 0.3 is 0 Å². The Morgan fingerprint density at radius 3 is 2.50 bits per heavy atom. The number of nitrogens with zero attached hydrogens (tertiary/aromatic N) is 2. The Kier molecular flexibility index (Phi) is 5.54. The molecule has 1 fully saturated rings. The first kappa shape index (κ1) is 20.1. The van der Waals surface area contributed by atoms with E-state index in [1.54, 1.807) is 38.1 Å².